The molecule has 4 heterocycles. The van der Waals surface area contributed by atoms with E-state index in [1.54, 1.807) is 46.1 Å². The lowest BCUT2D eigenvalue weighted by molar-refractivity contribution is -0.193. The van der Waals surface area contributed by atoms with Crippen molar-refractivity contribution >= 4 is 45.9 Å². The normalized spacial score (nSPS) is 27.0. The molecule has 1 N–H and O–H groups in total. The van der Waals surface area contributed by atoms with Crippen molar-refractivity contribution in [1.29, 1.82) is 0 Å². The molecule has 2 aliphatic heterocycles. The highest BCUT2D eigenvalue weighted by molar-refractivity contribution is 7.97. The van der Waals surface area contributed by atoms with Crippen LogP contribution < -0.4 is 5.32 Å². The van der Waals surface area contributed by atoms with Crippen LogP contribution >= 0.6 is 19.2 Å². The molecule has 0 unspecified atom stereocenters. The van der Waals surface area contributed by atoms with E-state index in [-0.39, 0.29) is 5.28 Å². The highest BCUT2D eigenvalue weighted by Crippen LogP contribution is 2.52. The highest BCUT2D eigenvalue weighted by Gasteiger charge is 2.57. The summed E-state index contributed by atoms with van der Waals surface area (Å²) in [6.45, 7) is 10.2. The molecule has 1 saturated carbocycles. The van der Waals surface area contributed by atoms with E-state index in [4.69, 9.17) is 34.9 Å². The number of hydrogen-bond donors (Lipinski definition) is 1. The lowest BCUT2D eigenvalue weighted by atomic mass is 10.1. The number of hydrogen-bond acceptors (Lipinski definition) is 11. The third kappa shape index (κ3) is 7.09. The Morgan fingerprint density at radius 3 is 2.39 bits per heavy atom. The van der Waals surface area contributed by atoms with Gasteiger partial charge in [-0.2, -0.15) is 4.98 Å². The number of rotatable bonds is 11. The predicted molar refractivity (Wildman–Crippen MR) is 155 cm³/mol. The second kappa shape index (κ2) is 11.6. The molecule has 0 spiro atoms. The maximum Gasteiger partial charge on any atom is 0.346 e. The van der Waals surface area contributed by atoms with Crippen LogP contribution in [0.4, 0.5) is 5.82 Å². The molecule has 4 atom stereocenters. The van der Waals surface area contributed by atoms with Crippen molar-refractivity contribution in [3.05, 3.63) is 17.5 Å². The van der Waals surface area contributed by atoms with Gasteiger partial charge in [0, 0.05) is 12.2 Å². The molecular formula is C26H40ClN4O8PS. The van der Waals surface area contributed by atoms with E-state index in [2.05, 4.69) is 15.3 Å². The molecule has 0 radical (unpaired) electrons. The minimum absolute atomic E-state index is 0.0848. The SMILES string of the molecule is CC(C)OP(=O)(CS(=O)(=O)C[C@H]1O[C@@H](n2ccc3c(NC4CCCC4)nc(Cl)nc32)[C@@H]2OC(C)(C)O[C@@H]21)OC(C)C. The molecule has 2 aromatic rings. The van der Waals surface area contributed by atoms with E-state index in [0.717, 1.165) is 18.2 Å². The maximum atomic E-state index is 13.4. The molecule has 0 bridgehead atoms. The topological polar surface area (TPSA) is 140 Å². The van der Waals surface area contributed by atoms with Crippen LogP contribution in [0.5, 0.6) is 0 Å². The minimum atomic E-state index is -3.99. The first-order chi connectivity index (χ1) is 19.1. The quantitative estimate of drug-likeness (QED) is 0.255. The lowest BCUT2D eigenvalue weighted by Crippen LogP contribution is -2.35. The summed E-state index contributed by atoms with van der Waals surface area (Å²) in [7, 11) is -7.93. The van der Waals surface area contributed by atoms with Crippen LogP contribution in [0.3, 0.4) is 0 Å². The number of halogens is 1. The summed E-state index contributed by atoms with van der Waals surface area (Å²) in [5, 5.41) is 4.36. The van der Waals surface area contributed by atoms with Crippen molar-refractivity contribution in [1.82, 2.24) is 14.5 Å². The molecular weight excluding hydrogens is 595 g/mol. The third-order valence-electron chi connectivity index (χ3n) is 7.16. The van der Waals surface area contributed by atoms with Gasteiger partial charge in [0.2, 0.25) is 5.28 Å². The number of sulfone groups is 1. The summed E-state index contributed by atoms with van der Waals surface area (Å²) in [5.41, 5.74) is -0.236. The molecule has 0 aromatic carbocycles. The van der Waals surface area contributed by atoms with E-state index in [1.807, 2.05) is 12.3 Å². The number of aromatic nitrogens is 3. The molecule has 15 heteroatoms. The van der Waals surface area contributed by atoms with Gasteiger partial charge in [0.1, 0.15) is 29.8 Å². The van der Waals surface area contributed by atoms with Crippen LogP contribution in [0.1, 0.15) is 73.5 Å². The average molecular weight is 635 g/mol. The molecule has 12 nitrogen and oxygen atoms in total. The van der Waals surface area contributed by atoms with E-state index in [0.29, 0.717) is 17.5 Å². The number of anilines is 1. The van der Waals surface area contributed by atoms with Gasteiger partial charge in [0.15, 0.2) is 27.3 Å². The Balaban J connectivity index is 1.42. The first-order valence-electron chi connectivity index (χ1n) is 14.1. The Morgan fingerprint density at radius 1 is 1.12 bits per heavy atom. The van der Waals surface area contributed by atoms with Gasteiger partial charge in [-0.15, -0.1) is 0 Å². The van der Waals surface area contributed by atoms with Crippen LogP contribution in [0.25, 0.3) is 11.0 Å². The van der Waals surface area contributed by atoms with E-state index < -0.39 is 71.2 Å². The average Bonchev–Trinajstić information content (AvgIpc) is 3.57. The van der Waals surface area contributed by atoms with Gasteiger partial charge < -0.3 is 33.1 Å². The molecule has 2 saturated heterocycles. The van der Waals surface area contributed by atoms with Gasteiger partial charge in [0.05, 0.1) is 23.3 Å². The Bertz CT molecular complexity index is 1400. The van der Waals surface area contributed by atoms with Crippen molar-refractivity contribution in [3.63, 3.8) is 0 Å². The third-order valence-corrected chi connectivity index (χ3v) is 12.5. The van der Waals surface area contributed by atoms with Crippen molar-refractivity contribution < 1.29 is 36.2 Å². The number of nitrogens with one attached hydrogen (secondary N) is 1. The molecule has 230 valence electrons. The summed E-state index contributed by atoms with van der Waals surface area (Å²) in [5.74, 6) is -0.782. The Morgan fingerprint density at radius 2 is 1.76 bits per heavy atom. The van der Waals surface area contributed by atoms with E-state index in [9.17, 15) is 13.0 Å². The standard InChI is InChI=1S/C26H40ClN4O8PS/c1-15(2)38-40(32,39-16(3)4)14-41(33,34)13-19-20-21(37-26(5,6)36-20)24(35-19)31-12-11-18-22(28-17-9-7-8-10-17)29-25(27)30-23(18)31/h11-12,15-17,19-21,24H,7-10,13-14H2,1-6H3,(H,28,29,30)/t19-,20-,21-,24-/m1/s1. The van der Waals surface area contributed by atoms with E-state index >= 15 is 0 Å². The second-order valence-electron chi connectivity index (χ2n) is 12.0. The molecule has 2 aromatic heterocycles. The van der Waals surface area contributed by atoms with Gasteiger partial charge >= 0.3 is 7.60 Å². The minimum Gasteiger partial charge on any atom is -0.367 e. The van der Waals surface area contributed by atoms with Crippen LogP contribution in [-0.4, -0.2) is 76.5 Å². The Kier molecular flexibility index (Phi) is 8.84. The summed E-state index contributed by atoms with van der Waals surface area (Å²) < 4.78 is 71.7. The van der Waals surface area contributed by atoms with Crippen molar-refractivity contribution in [3.8, 4) is 0 Å². The number of fused-ring (bicyclic) bond motifs is 2. The van der Waals surface area contributed by atoms with Crippen molar-refractivity contribution in [2.45, 2.75) is 116 Å². The molecule has 0 amide bonds. The first-order valence-corrected chi connectivity index (χ1v) is 18.0. The molecule has 3 fully saturated rings. The fraction of sp³-hybridized carbons (Fsp3) is 0.769. The Hall–Kier alpha value is -1.31. The highest BCUT2D eigenvalue weighted by atomic mass is 35.5. The van der Waals surface area contributed by atoms with Gasteiger partial charge in [-0.25, -0.2) is 13.4 Å². The summed E-state index contributed by atoms with van der Waals surface area (Å²) >= 11 is 6.35. The Labute approximate surface area is 246 Å². The first kappa shape index (κ1) is 31.1. The maximum absolute atomic E-state index is 13.4. The molecule has 3 aliphatic rings. The summed E-state index contributed by atoms with van der Waals surface area (Å²) in [6, 6.07) is 2.20. The number of ether oxygens (including phenoxy) is 3. The smallest absolute Gasteiger partial charge is 0.346 e. The molecule has 5 rings (SSSR count). The zero-order valence-electron chi connectivity index (χ0n) is 24.3. The van der Waals surface area contributed by atoms with E-state index in [1.165, 1.54) is 12.8 Å². The van der Waals surface area contributed by atoms with Gasteiger partial charge in [0.25, 0.3) is 0 Å². The predicted octanol–water partition coefficient (Wildman–Crippen LogP) is 5.27. The summed E-state index contributed by atoms with van der Waals surface area (Å²) in [4.78, 5) is 8.92. The second-order valence-corrected chi connectivity index (χ2v) is 16.9. The zero-order chi connectivity index (χ0) is 29.7. The summed E-state index contributed by atoms with van der Waals surface area (Å²) in [6.07, 6.45) is 2.30. The molecule has 1 aliphatic carbocycles. The fourth-order valence-corrected chi connectivity index (χ4v) is 11.0. The van der Waals surface area contributed by atoms with Crippen molar-refractivity contribution in [2.75, 3.05) is 16.6 Å². The van der Waals surface area contributed by atoms with Crippen LogP contribution in [0.15, 0.2) is 12.3 Å². The monoisotopic (exact) mass is 634 g/mol. The number of nitrogens with zero attached hydrogens (tertiary/aromatic N) is 3. The largest absolute Gasteiger partial charge is 0.367 e. The fourth-order valence-electron chi connectivity index (χ4n) is 5.87. The zero-order valence-corrected chi connectivity index (χ0v) is 26.7. The van der Waals surface area contributed by atoms with Gasteiger partial charge in [-0.05, 0) is 72.1 Å². The van der Waals surface area contributed by atoms with Crippen LogP contribution in [0, 0.1) is 0 Å². The van der Waals surface area contributed by atoms with Gasteiger partial charge in [-0.1, -0.05) is 12.8 Å². The van der Waals surface area contributed by atoms with Crippen LogP contribution in [-0.2, 0) is 37.7 Å². The lowest BCUT2D eigenvalue weighted by Gasteiger charge is -2.26. The van der Waals surface area contributed by atoms with Gasteiger partial charge in [-0.3, -0.25) is 4.57 Å². The van der Waals surface area contributed by atoms with Crippen LogP contribution in [0.2, 0.25) is 5.28 Å². The molecule has 41 heavy (non-hydrogen) atoms. The van der Waals surface area contributed by atoms with Crippen molar-refractivity contribution in [2.24, 2.45) is 0 Å².